The monoisotopic (exact) mass is 401 g/mol. The zero-order valence-electron chi connectivity index (χ0n) is 15.7. The summed E-state index contributed by atoms with van der Waals surface area (Å²) in [4.78, 5) is 3.98. The molecule has 1 aromatic heterocycles. The lowest BCUT2D eigenvalue weighted by atomic mass is 10.2. The number of hydrogen-bond acceptors (Lipinski definition) is 3. The first-order valence-corrected chi connectivity index (χ1v) is 11.5. The number of rotatable bonds is 6. The molecule has 4 nitrogen and oxygen atoms in total. The third-order valence-electron chi connectivity index (χ3n) is 4.64. The van der Waals surface area contributed by atoms with E-state index >= 15 is 0 Å². The highest BCUT2D eigenvalue weighted by Crippen LogP contribution is 2.26. The molecule has 142 valence electrons. The summed E-state index contributed by atoms with van der Waals surface area (Å²) in [6, 6.07) is 14.5. The van der Waals surface area contributed by atoms with E-state index in [0.29, 0.717) is 17.7 Å². The SMILES string of the molecule is Cc1ccc(S(=O)CCc2c[nH]c(S(=O)(=O)c3ccc(C)cc3)c2C)cc1. The predicted octanol–water partition coefficient (Wildman–Crippen LogP) is 4.12. The Morgan fingerprint density at radius 2 is 1.44 bits per heavy atom. The Labute approximate surface area is 163 Å². The van der Waals surface area contributed by atoms with Gasteiger partial charge in [0, 0.05) is 16.8 Å². The van der Waals surface area contributed by atoms with Crippen molar-refractivity contribution in [1.29, 1.82) is 0 Å². The summed E-state index contributed by atoms with van der Waals surface area (Å²) >= 11 is 0. The summed E-state index contributed by atoms with van der Waals surface area (Å²) in [6.45, 7) is 5.70. The molecule has 0 bridgehead atoms. The van der Waals surface area contributed by atoms with Gasteiger partial charge in [0.05, 0.1) is 15.7 Å². The molecule has 1 unspecified atom stereocenters. The van der Waals surface area contributed by atoms with Crippen molar-refractivity contribution in [2.45, 2.75) is 42.0 Å². The number of nitrogens with one attached hydrogen (secondary N) is 1. The van der Waals surface area contributed by atoms with Gasteiger partial charge in [0.25, 0.3) is 0 Å². The Bertz CT molecular complexity index is 1060. The lowest BCUT2D eigenvalue weighted by Gasteiger charge is -2.06. The van der Waals surface area contributed by atoms with Crippen LogP contribution in [0.25, 0.3) is 0 Å². The van der Waals surface area contributed by atoms with Gasteiger partial charge in [0.15, 0.2) is 0 Å². The maximum Gasteiger partial charge on any atom is 0.222 e. The Balaban J connectivity index is 1.78. The fraction of sp³-hybridized carbons (Fsp3) is 0.238. The molecule has 0 fully saturated rings. The van der Waals surface area contributed by atoms with E-state index in [9.17, 15) is 12.6 Å². The van der Waals surface area contributed by atoms with E-state index in [1.165, 1.54) is 0 Å². The average molecular weight is 402 g/mol. The van der Waals surface area contributed by atoms with Gasteiger partial charge in [-0.05, 0) is 62.6 Å². The molecule has 1 heterocycles. The van der Waals surface area contributed by atoms with E-state index in [1.807, 2.05) is 38.1 Å². The molecule has 0 saturated heterocycles. The minimum atomic E-state index is -3.59. The van der Waals surface area contributed by atoms with Crippen molar-refractivity contribution in [3.63, 3.8) is 0 Å². The number of aryl methyl sites for hydroxylation is 3. The highest BCUT2D eigenvalue weighted by atomic mass is 32.2. The summed E-state index contributed by atoms with van der Waals surface area (Å²) < 4.78 is 38.2. The average Bonchev–Trinajstić information content (AvgIpc) is 3.02. The zero-order valence-corrected chi connectivity index (χ0v) is 17.3. The molecule has 0 spiro atoms. The van der Waals surface area contributed by atoms with Crippen LogP contribution in [0.1, 0.15) is 22.3 Å². The van der Waals surface area contributed by atoms with Crippen LogP contribution in [0.2, 0.25) is 0 Å². The van der Waals surface area contributed by atoms with E-state index < -0.39 is 20.6 Å². The molecular formula is C21H23NO3S2. The molecule has 0 aliphatic rings. The van der Waals surface area contributed by atoms with Crippen LogP contribution in [-0.4, -0.2) is 23.4 Å². The van der Waals surface area contributed by atoms with Crippen molar-refractivity contribution >= 4 is 20.6 Å². The van der Waals surface area contributed by atoms with E-state index in [1.54, 1.807) is 37.4 Å². The molecule has 3 aromatic rings. The Morgan fingerprint density at radius 3 is 2.04 bits per heavy atom. The number of aromatic amines is 1. The van der Waals surface area contributed by atoms with Gasteiger partial charge in [0.1, 0.15) is 5.03 Å². The van der Waals surface area contributed by atoms with Gasteiger partial charge in [-0.15, -0.1) is 0 Å². The second kappa shape index (κ2) is 7.82. The summed E-state index contributed by atoms with van der Waals surface area (Å²) in [5, 5.41) is 0.211. The Hall–Kier alpha value is -2.18. The molecule has 1 atom stereocenters. The maximum absolute atomic E-state index is 12.9. The summed E-state index contributed by atoms with van der Waals surface area (Å²) in [7, 11) is -4.71. The number of sulfone groups is 1. The molecule has 0 radical (unpaired) electrons. The first kappa shape index (κ1) is 19.6. The fourth-order valence-corrected chi connectivity index (χ4v) is 5.46. The van der Waals surface area contributed by atoms with Crippen molar-refractivity contribution in [2.75, 3.05) is 5.75 Å². The molecule has 1 N–H and O–H groups in total. The number of hydrogen-bond donors (Lipinski definition) is 1. The van der Waals surface area contributed by atoms with Crippen molar-refractivity contribution in [3.8, 4) is 0 Å². The third-order valence-corrected chi connectivity index (χ3v) is 7.87. The summed E-state index contributed by atoms with van der Waals surface area (Å²) in [6.07, 6.45) is 2.26. The van der Waals surface area contributed by atoms with E-state index in [4.69, 9.17) is 0 Å². The zero-order chi connectivity index (χ0) is 19.6. The Morgan fingerprint density at radius 1 is 0.889 bits per heavy atom. The lowest BCUT2D eigenvalue weighted by molar-refractivity contribution is 0.592. The van der Waals surface area contributed by atoms with Crippen LogP contribution in [0.4, 0.5) is 0 Å². The van der Waals surface area contributed by atoms with Crippen LogP contribution >= 0.6 is 0 Å². The molecule has 2 aromatic carbocycles. The van der Waals surface area contributed by atoms with Crippen LogP contribution < -0.4 is 0 Å². The van der Waals surface area contributed by atoms with Crippen molar-refractivity contribution < 1.29 is 12.6 Å². The smallest absolute Gasteiger partial charge is 0.222 e. The van der Waals surface area contributed by atoms with Gasteiger partial charge in [-0.1, -0.05) is 35.4 Å². The number of benzene rings is 2. The van der Waals surface area contributed by atoms with Gasteiger partial charge in [-0.2, -0.15) is 0 Å². The topological polar surface area (TPSA) is 67.0 Å². The Kier molecular flexibility index (Phi) is 5.67. The molecule has 0 aliphatic carbocycles. The second-order valence-corrected chi connectivity index (χ2v) is 10.2. The molecule has 3 rings (SSSR count). The van der Waals surface area contributed by atoms with Gasteiger partial charge < -0.3 is 4.98 Å². The van der Waals surface area contributed by atoms with Crippen LogP contribution in [0, 0.1) is 20.8 Å². The fourth-order valence-electron chi connectivity index (χ4n) is 2.90. The normalized spacial score (nSPS) is 12.9. The largest absolute Gasteiger partial charge is 0.352 e. The molecule has 6 heteroatoms. The van der Waals surface area contributed by atoms with Gasteiger partial charge >= 0.3 is 0 Å². The predicted molar refractivity (Wildman–Crippen MR) is 108 cm³/mol. The van der Waals surface area contributed by atoms with E-state index in [-0.39, 0.29) is 9.92 Å². The first-order valence-electron chi connectivity index (χ1n) is 8.72. The quantitative estimate of drug-likeness (QED) is 0.675. The van der Waals surface area contributed by atoms with Crippen molar-refractivity contribution in [3.05, 3.63) is 77.0 Å². The molecule has 0 aliphatic heterocycles. The van der Waals surface area contributed by atoms with Crippen LogP contribution in [0.3, 0.4) is 0 Å². The third kappa shape index (κ3) is 4.22. The minimum Gasteiger partial charge on any atom is -0.352 e. The number of aromatic nitrogens is 1. The first-order chi connectivity index (χ1) is 12.8. The van der Waals surface area contributed by atoms with Crippen LogP contribution in [-0.2, 0) is 27.1 Å². The van der Waals surface area contributed by atoms with Crippen molar-refractivity contribution in [1.82, 2.24) is 4.98 Å². The van der Waals surface area contributed by atoms with Gasteiger partial charge in [-0.25, -0.2) is 8.42 Å². The standard InChI is InChI=1S/C21H23NO3S2/c1-15-4-8-19(9-5-15)26(23)13-12-18-14-22-21(17(18)3)27(24,25)20-10-6-16(2)7-11-20/h4-11,14,22H,12-13H2,1-3H3. The van der Waals surface area contributed by atoms with Gasteiger partial charge in [0.2, 0.25) is 9.84 Å². The highest BCUT2D eigenvalue weighted by molar-refractivity contribution is 7.91. The van der Waals surface area contributed by atoms with Gasteiger partial charge in [-0.3, -0.25) is 4.21 Å². The van der Waals surface area contributed by atoms with E-state index in [2.05, 4.69) is 4.98 Å². The van der Waals surface area contributed by atoms with Crippen molar-refractivity contribution in [2.24, 2.45) is 0 Å². The van der Waals surface area contributed by atoms with Crippen LogP contribution in [0.15, 0.2) is 69.5 Å². The van der Waals surface area contributed by atoms with E-state index in [0.717, 1.165) is 21.6 Å². The highest BCUT2D eigenvalue weighted by Gasteiger charge is 2.23. The molecular weight excluding hydrogens is 378 g/mol. The lowest BCUT2D eigenvalue weighted by Crippen LogP contribution is -2.05. The van der Waals surface area contributed by atoms with Crippen LogP contribution in [0.5, 0.6) is 0 Å². The minimum absolute atomic E-state index is 0.211. The molecule has 0 amide bonds. The maximum atomic E-state index is 12.9. The molecule has 0 saturated carbocycles. The second-order valence-electron chi connectivity index (χ2n) is 6.70. The summed E-state index contributed by atoms with van der Waals surface area (Å²) in [5.41, 5.74) is 3.71. The summed E-state index contributed by atoms with van der Waals surface area (Å²) in [5.74, 6) is 0.450. The molecule has 27 heavy (non-hydrogen) atoms. The number of H-pyrrole nitrogens is 1.